The largest absolute Gasteiger partial charge is 0.397 e. The van der Waals surface area contributed by atoms with E-state index in [-0.39, 0.29) is 6.10 Å². The summed E-state index contributed by atoms with van der Waals surface area (Å²) in [6, 6.07) is 1.95. The minimum atomic E-state index is 0.213. The van der Waals surface area contributed by atoms with Crippen LogP contribution in [-0.2, 0) is 4.74 Å². The lowest BCUT2D eigenvalue weighted by Crippen LogP contribution is -2.11. The molecular weight excluding hydrogens is 164 g/mol. The fourth-order valence-corrected chi connectivity index (χ4v) is 1.66. The molecule has 2 heterocycles. The highest BCUT2D eigenvalue weighted by atomic mass is 16.5. The van der Waals surface area contributed by atoms with Gasteiger partial charge in [-0.25, -0.2) is 0 Å². The quantitative estimate of drug-likeness (QED) is 0.714. The molecule has 1 fully saturated rings. The molecule has 1 aliphatic heterocycles. The summed E-state index contributed by atoms with van der Waals surface area (Å²) >= 11 is 0. The monoisotopic (exact) mass is 178 g/mol. The van der Waals surface area contributed by atoms with Gasteiger partial charge in [0.05, 0.1) is 11.8 Å². The van der Waals surface area contributed by atoms with Gasteiger partial charge in [-0.1, -0.05) is 0 Å². The number of aromatic nitrogens is 1. The Labute approximate surface area is 77.9 Å². The zero-order chi connectivity index (χ0) is 9.10. The lowest BCUT2D eigenvalue weighted by molar-refractivity contribution is 0.0148. The highest BCUT2D eigenvalue weighted by Gasteiger charge is 2.15. The van der Waals surface area contributed by atoms with E-state index in [0.29, 0.717) is 5.69 Å². The topological polar surface area (TPSA) is 48.1 Å². The third kappa shape index (κ3) is 1.98. The maximum absolute atomic E-state index is 5.65. The summed E-state index contributed by atoms with van der Waals surface area (Å²) in [5.41, 5.74) is 7.47. The number of hydrogen-bond acceptors (Lipinski definition) is 3. The molecule has 0 aromatic carbocycles. The molecule has 0 bridgehead atoms. The molecule has 0 spiro atoms. The van der Waals surface area contributed by atoms with E-state index >= 15 is 0 Å². The van der Waals surface area contributed by atoms with E-state index in [1.54, 1.807) is 6.20 Å². The Morgan fingerprint density at radius 3 is 3.00 bits per heavy atom. The third-order valence-electron chi connectivity index (χ3n) is 2.33. The second-order valence-corrected chi connectivity index (χ2v) is 3.41. The number of nitrogens with zero attached hydrogens (tertiary/aromatic N) is 1. The smallest absolute Gasteiger partial charge is 0.0840 e. The molecule has 0 radical (unpaired) electrons. The van der Waals surface area contributed by atoms with Crippen LogP contribution in [0.25, 0.3) is 0 Å². The van der Waals surface area contributed by atoms with Gasteiger partial charge in [-0.2, -0.15) is 0 Å². The predicted molar refractivity (Wildman–Crippen MR) is 51.2 cm³/mol. The molecule has 3 nitrogen and oxygen atoms in total. The second-order valence-electron chi connectivity index (χ2n) is 3.41. The number of nitrogen functional groups attached to an aromatic ring is 1. The molecule has 1 atom stereocenters. The van der Waals surface area contributed by atoms with E-state index in [2.05, 4.69) is 4.98 Å². The molecule has 0 saturated carbocycles. The van der Waals surface area contributed by atoms with Gasteiger partial charge >= 0.3 is 0 Å². The van der Waals surface area contributed by atoms with E-state index in [9.17, 15) is 0 Å². The van der Waals surface area contributed by atoms with Crippen molar-refractivity contribution in [3.05, 3.63) is 24.0 Å². The van der Waals surface area contributed by atoms with Crippen molar-refractivity contribution in [3.8, 4) is 0 Å². The van der Waals surface area contributed by atoms with Gasteiger partial charge in [0.25, 0.3) is 0 Å². The van der Waals surface area contributed by atoms with Gasteiger partial charge in [-0.3, -0.25) is 4.98 Å². The van der Waals surface area contributed by atoms with Gasteiger partial charge in [-0.05, 0) is 25.3 Å². The van der Waals surface area contributed by atoms with Crippen LogP contribution < -0.4 is 5.73 Å². The summed E-state index contributed by atoms with van der Waals surface area (Å²) in [4.78, 5) is 4.05. The summed E-state index contributed by atoms with van der Waals surface area (Å²) in [5.74, 6) is 0. The van der Waals surface area contributed by atoms with Crippen LogP contribution in [0.15, 0.2) is 18.5 Å². The number of hydrogen-bond donors (Lipinski definition) is 1. The first-order valence-corrected chi connectivity index (χ1v) is 4.68. The third-order valence-corrected chi connectivity index (χ3v) is 2.33. The summed E-state index contributed by atoms with van der Waals surface area (Å²) in [5, 5.41) is 0. The second kappa shape index (κ2) is 3.75. The average Bonchev–Trinajstić information content (AvgIpc) is 2.19. The summed E-state index contributed by atoms with van der Waals surface area (Å²) in [6.07, 6.45) is 7.21. The van der Waals surface area contributed by atoms with Crippen LogP contribution in [0, 0.1) is 0 Å². The van der Waals surface area contributed by atoms with Crippen molar-refractivity contribution in [2.45, 2.75) is 25.4 Å². The van der Waals surface area contributed by atoms with Crippen LogP contribution in [0.2, 0.25) is 0 Å². The summed E-state index contributed by atoms with van der Waals surface area (Å²) in [7, 11) is 0. The minimum Gasteiger partial charge on any atom is -0.397 e. The van der Waals surface area contributed by atoms with Gasteiger partial charge in [0.1, 0.15) is 0 Å². The van der Waals surface area contributed by atoms with Crippen molar-refractivity contribution < 1.29 is 4.74 Å². The van der Waals surface area contributed by atoms with Crippen LogP contribution in [-0.4, -0.2) is 11.6 Å². The first-order chi connectivity index (χ1) is 6.36. The van der Waals surface area contributed by atoms with Gasteiger partial charge in [0, 0.05) is 24.6 Å². The molecule has 0 aliphatic carbocycles. The van der Waals surface area contributed by atoms with E-state index < -0.39 is 0 Å². The number of ether oxygens (including phenoxy) is 1. The van der Waals surface area contributed by atoms with Crippen LogP contribution >= 0.6 is 0 Å². The Bertz CT molecular complexity index is 282. The molecular formula is C10H14N2O. The first-order valence-electron chi connectivity index (χ1n) is 4.68. The van der Waals surface area contributed by atoms with Crippen molar-refractivity contribution in [1.29, 1.82) is 0 Å². The highest BCUT2D eigenvalue weighted by Crippen LogP contribution is 2.27. The van der Waals surface area contributed by atoms with Gasteiger partial charge in [0.2, 0.25) is 0 Å². The maximum atomic E-state index is 5.65. The number of rotatable bonds is 1. The Kier molecular flexibility index (Phi) is 2.45. The fraction of sp³-hybridized carbons (Fsp3) is 0.500. The molecule has 13 heavy (non-hydrogen) atoms. The molecule has 70 valence electrons. The molecule has 1 aromatic heterocycles. The van der Waals surface area contributed by atoms with Crippen LogP contribution in [0.4, 0.5) is 5.69 Å². The maximum Gasteiger partial charge on any atom is 0.0840 e. The van der Waals surface area contributed by atoms with Crippen molar-refractivity contribution in [1.82, 2.24) is 4.98 Å². The zero-order valence-corrected chi connectivity index (χ0v) is 7.57. The Hall–Kier alpha value is -1.09. The number of anilines is 1. The minimum absolute atomic E-state index is 0.213. The van der Waals surface area contributed by atoms with Crippen LogP contribution in [0.1, 0.15) is 30.9 Å². The van der Waals surface area contributed by atoms with E-state index in [1.807, 2.05) is 12.3 Å². The van der Waals surface area contributed by atoms with Gasteiger partial charge in [-0.15, -0.1) is 0 Å². The molecule has 1 unspecified atom stereocenters. The Balaban J connectivity index is 2.14. The van der Waals surface area contributed by atoms with Crippen molar-refractivity contribution in [3.63, 3.8) is 0 Å². The zero-order valence-electron chi connectivity index (χ0n) is 7.57. The predicted octanol–water partition coefficient (Wildman–Crippen LogP) is 1.91. The normalized spacial score (nSPS) is 22.9. The highest BCUT2D eigenvalue weighted by molar-refractivity contribution is 5.37. The van der Waals surface area contributed by atoms with Crippen LogP contribution in [0.5, 0.6) is 0 Å². The van der Waals surface area contributed by atoms with E-state index in [4.69, 9.17) is 10.5 Å². The van der Waals surface area contributed by atoms with Crippen molar-refractivity contribution in [2.75, 3.05) is 12.3 Å². The van der Waals surface area contributed by atoms with Gasteiger partial charge < -0.3 is 10.5 Å². The first kappa shape index (κ1) is 8.51. The lowest BCUT2D eigenvalue weighted by Gasteiger charge is -2.22. The molecule has 0 amide bonds. The fourth-order valence-electron chi connectivity index (χ4n) is 1.66. The summed E-state index contributed by atoms with van der Waals surface area (Å²) < 4.78 is 5.62. The number of nitrogens with two attached hydrogens (primary N) is 1. The molecule has 2 rings (SSSR count). The Morgan fingerprint density at radius 2 is 2.31 bits per heavy atom. The lowest BCUT2D eigenvalue weighted by atomic mass is 10.0. The molecule has 1 saturated heterocycles. The molecule has 3 heteroatoms. The number of pyridine rings is 1. The molecule has 1 aliphatic rings. The average molecular weight is 178 g/mol. The van der Waals surface area contributed by atoms with E-state index in [0.717, 1.165) is 18.6 Å². The van der Waals surface area contributed by atoms with Crippen molar-refractivity contribution >= 4 is 5.69 Å². The van der Waals surface area contributed by atoms with Crippen LogP contribution in [0.3, 0.4) is 0 Å². The molecule has 2 N–H and O–H groups in total. The SMILES string of the molecule is Nc1cncc(C2CCCCO2)c1. The van der Waals surface area contributed by atoms with Crippen molar-refractivity contribution in [2.24, 2.45) is 0 Å². The Morgan fingerprint density at radius 1 is 1.38 bits per heavy atom. The molecule has 1 aromatic rings. The summed E-state index contributed by atoms with van der Waals surface area (Å²) in [6.45, 7) is 0.861. The van der Waals surface area contributed by atoms with E-state index in [1.165, 1.54) is 12.8 Å². The van der Waals surface area contributed by atoms with Gasteiger partial charge in [0.15, 0.2) is 0 Å². The standard InChI is InChI=1S/C10H14N2O/c11-9-5-8(6-12-7-9)10-3-1-2-4-13-10/h5-7,10H,1-4,11H2.